The molecule has 0 aliphatic carbocycles. The van der Waals surface area contributed by atoms with Gasteiger partial charge in [-0.25, -0.2) is 9.69 Å². The van der Waals surface area contributed by atoms with Crippen molar-refractivity contribution in [3.63, 3.8) is 0 Å². The van der Waals surface area contributed by atoms with E-state index in [1.165, 1.54) is 6.92 Å². The Morgan fingerprint density at radius 1 is 1.37 bits per heavy atom. The van der Waals surface area contributed by atoms with Crippen LogP contribution in [0.2, 0.25) is 0 Å². The molecule has 0 aromatic rings. The number of carbonyl (C=O) groups excluding carboxylic acids is 2. The Labute approximate surface area is 112 Å². The van der Waals surface area contributed by atoms with Crippen LogP contribution >= 0.6 is 0 Å². The number of carbonyl (C=O) groups is 2. The lowest BCUT2D eigenvalue weighted by molar-refractivity contribution is -0.125. The molecule has 1 aliphatic rings. The number of ether oxygens (including phenoxy) is 1. The van der Waals surface area contributed by atoms with E-state index in [1.807, 2.05) is 0 Å². The van der Waals surface area contributed by atoms with Gasteiger partial charge in [-0.15, -0.1) is 0 Å². The second kappa shape index (κ2) is 4.84. The van der Waals surface area contributed by atoms with Crippen LogP contribution in [0.4, 0.5) is 4.79 Å². The molecule has 0 aromatic heterocycles. The predicted octanol–water partition coefficient (Wildman–Crippen LogP) is 1.01. The first-order valence-corrected chi connectivity index (χ1v) is 7.39. The van der Waals surface area contributed by atoms with E-state index in [2.05, 4.69) is 4.18 Å². The van der Waals surface area contributed by atoms with Crippen LogP contribution in [-0.2, 0) is 23.8 Å². The van der Waals surface area contributed by atoms with Crippen LogP contribution in [0.3, 0.4) is 0 Å². The maximum atomic E-state index is 11.8. The molecule has 0 aromatic carbocycles. The van der Waals surface area contributed by atoms with E-state index < -0.39 is 33.8 Å². The SMILES string of the molecule is C[C@@H]1C(OS(C)(=O)=O)=CC(=O)N1C(=O)OC(C)(C)C. The van der Waals surface area contributed by atoms with Crippen LogP contribution in [0, 0.1) is 0 Å². The van der Waals surface area contributed by atoms with E-state index in [-0.39, 0.29) is 5.76 Å². The zero-order valence-corrected chi connectivity index (χ0v) is 12.3. The van der Waals surface area contributed by atoms with Crippen molar-refractivity contribution in [3.05, 3.63) is 11.8 Å². The van der Waals surface area contributed by atoms with Crippen molar-refractivity contribution in [2.45, 2.75) is 39.3 Å². The van der Waals surface area contributed by atoms with E-state index in [0.717, 1.165) is 17.2 Å². The number of hydrogen-bond donors (Lipinski definition) is 0. The molecule has 0 saturated heterocycles. The summed E-state index contributed by atoms with van der Waals surface area (Å²) in [6.45, 7) is 6.47. The number of hydrogen-bond acceptors (Lipinski definition) is 6. The van der Waals surface area contributed by atoms with Gasteiger partial charge in [0.05, 0.1) is 12.3 Å². The van der Waals surface area contributed by atoms with Crippen LogP contribution in [-0.4, -0.2) is 43.2 Å². The van der Waals surface area contributed by atoms with Crippen LogP contribution in [0.25, 0.3) is 0 Å². The van der Waals surface area contributed by atoms with Gasteiger partial charge >= 0.3 is 16.2 Å². The zero-order chi connectivity index (χ0) is 15.0. The van der Waals surface area contributed by atoms with Crippen molar-refractivity contribution >= 4 is 22.1 Å². The molecule has 0 radical (unpaired) electrons. The Balaban J connectivity index is 2.87. The van der Waals surface area contributed by atoms with Gasteiger partial charge in [0.15, 0.2) is 0 Å². The van der Waals surface area contributed by atoms with Gasteiger partial charge in [0.25, 0.3) is 5.91 Å². The Morgan fingerprint density at radius 3 is 2.32 bits per heavy atom. The molecule has 108 valence electrons. The minimum atomic E-state index is -3.75. The Hall–Kier alpha value is -1.57. The molecule has 1 rings (SSSR count). The first kappa shape index (κ1) is 15.5. The molecular weight excluding hydrogens is 274 g/mol. The van der Waals surface area contributed by atoms with E-state index >= 15 is 0 Å². The molecule has 7 nitrogen and oxygen atoms in total. The van der Waals surface area contributed by atoms with Crippen molar-refractivity contribution in [1.29, 1.82) is 0 Å². The first-order valence-electron chi connectivity index (χ1n) is 5.58. The van der Waals surface area contributed by atoms with Gasteiger partial charge in [-0.3, -0.25) is 4.79 Å². The summed E-state index contributed by atoms with van der Waals surface area (Å²) in [5, 5.41) is 0. The molecule has 1 atom stereocenters. The van der Waals surface area contributed by atoms with Gasteiger partial charge in [0, 0.05) is 6.08 Å². The van der Waals surface area contributed by atoms with E-state index in [4.69, 9.17) is 4.74 Å². The first-order chi connectivity index (χ1) is 8.41. The summed E-state index contributed by atoms with van der Waals surface area (Å²) in [4.78, 5) is 24.3. The fourth-order valence-electron chi connectivity index (χ4n) is 1.46. The quantitative estimate of drug-likeness (QED) is 0.705. The number of nitrogens with zero attached hydrogens (tertiary/aromatic N) is 1. The topological polar surface area (TPSA) is 90.0 Å². The molecule has 0 saturated carbocycles. The molecule has 0 bridgehead atoms. The molecule has 1 aliphatic heterocycles. The fraction of sp³-hybridized carbons (Fsp3) is 0.636. The summed E-state index contributed by atoms with van der Waals surface area (Å²) >= 11 is 0. The minimum Gasteiger partial charge on any atom is -0.443 e. The molecular formula is C11H17NO6S. The van der Waals surface area contributed by atoms with E-state index in [0.29, 0.717) is 0 Å². The Morgan fingerprint density at radius 2 is 1.89 bits per heavy atom. The van der Waals surface area contributed by atoms with Gasteiger partial charge in [-0.2, -0.15) is 8.42 Å². The van der Waals surface area contributed by atoms with Crippen molar-refractivity contribution in [1.82, 2.24) is 4.90 Å². The molecule has 0 unspecified atom stereocenters. The average Bonchev–Trinajstić information content (AvgIpc) is 2.35. The third-order valence-electron chi connectivity index (χ3n) is 2.14. The Bertz CT molecular complexity index is 528. The lowest BCUT2D eigenvalue weighted by atomic mass is 10.2. The normalized spacial score (nSPS) is 20.3. The smallest absolute Gasteiger partial charge is 0.417 e. The number of imide groups is 1. The lowest BCUT2D eigenvalue weighted by Crippen LogP contribution is -2.42. The summed E-state index contributed by atoms with van der Waals surface area (Å²) < 4.78 is 31.8. The third kappa shape index (κ3) is 4.23. The van der Waals surface area contributed by atoms with Crippen molar-refractivity contribution in [2.75, 3.05) is 6.26 Å². The minimum absolute atomic E-state index is 0.0987. The maximum Gasteiger partial charge on any atom is 0.417 e. The molecule has 2 amide bonds. The third-order valence-corrected chi connectivity index (χ3v) is 2.64. The number of rotatable bonds is 2. The summed E-state index contributed by atoms with van der Waals surface area (Å²) in [6.07, 6.45) is 0.991. The van der Waals surface area contributed by atoms with Gasteiger partial charge in [-0.1, -0.05) is 0 Å². The van der Waals surface area contributed by atoms with Crippen LogP contribution in [0.5, 0.6) is 0 Å². The molecule has 8 heteroatoms. The second-order valence-electron chi connectivity index (χ2n) is 5.20. The average molecular weight is 291 g/mol. The van der Waals surface area contributed by atoms with Crippen molar-refractivity contribution in [3.8, 4) is 0 Å². The number of amides is 2. The summed E-state index contributed by atoms with van der Waals surface area (Å²) in [5.41, 5.74) is -0.752. The highest BCUT2D eigenvalue weighted by molar-refractivity contribution is 7.86. The van der Waals surface area contributed by atoms with Gasteiger partial charge in [0.1, 0.15) is 11.4 Å². The Kier molecular flexibility index (Phi) is 3.94. The highest BCUT2D eigenvalue weighted by Gasteiger charge is 2.39. The highest BCUT2D eigenvalue weighted by atomic mass is 32.2. The molecule has 0 fully saturated rings. The standard InChI is InChI=1S/C11H17NO6S/c1-7-8(18-19(5,15)16)6-9(13)12(7)10(14)17-11(2,3)4/h6-7H,1-5H3/t7-/m1/s1. The van der Waals surface area contributed by atoms with Gasteiger partial charge in [0.2, 0.25) is 0 Å². The van der Waals surface area contributed by atoms with Crippen LogP contribution in [0.1, 0.15) is 27.7 Å². The van der Waals surface area contributed by atoms with Gasteiger partial charge < -0.3 is 8.92 Å². The van der Waals surface area contributed by atoms with Crippen molar-refractivity contribution in [2.24, 2.45) is 0 Å². The second-order valence-corrected chi connectivity index (χ2v) is 6.77. The highest BCUT2D eigenvalue weighted by Crippen LogP contribution is 2.24. The predicted molar refractivity (Wildman–Crippen MR) is 66.6 cm³/mol. The van der Waals surface area contributed by atoms with Crippen LogP contribution < -0.4 is 0 Å². The van der Waals surface area contributed by atoms with Gasteiger partial charge in [-0.05, 0) is 27.7 Å². The molecule has 0 spiro atoms. The summed E-state index contributed by atoms with van der Waals surface area (Å²) in [6, 6.07) is -0.822. The lowest BCUT2D eigenvalue weighted by Gasteiger charge is -2.26. The van der Waals surface area contributed by atoms with Crippen LogP contribution in [0.15, 0.2) is 11.8 Å². The summed E-state index contributed by atoms with van der Waals surface area (Å²) in [5.74, 6) is -0.765. The molecule has 1 heterocycles. The molecule has 0 N–H and O–H groups in total. The largest absolute Gasteiger partial charge is 0.443 e. The maximum absolute atomic E-state index is 11.8. The summed E-state index contributed by atoms with van der Waals surface area (Å²) in [7, 11) is -3.75. The fourth-order valence-corrected chi connectivity index (χ4v) is 1.99. The zero-order valence-electron chi connectivity index (χ0n) is 11.5. The van der Waals surface area contributed by atoms with Crippen molar-refractivity contribution < 1.29 is 26.9 Å². The molecule has 19 heavy (non-hydrogen) atoms. The van der Waals surface area contributed by atoms with E-state index in [1.54, 1.807) is 20.8 Å². The van der Waals surface area contributed by atoms with E-state index in [9.17, 15) is 18.0 Å². The monoisotopic (exact) mass is 291 g/mol.